The summed E-state index contributed by atoms with van der Waals surface area (Å²) in [6, 6.07) is 11.1. The number of nitrogens with zero attached hydrogens (tertiary/aromatic N) is 5. The number of fused-ring (bicyclic) bond motifs is 1. The van der Waals surface area contributed by atoms with Gasteiger partial charge >= 0.3 is 5.97 Å². The van der Waals surface area contributed by atoms with Crippen molar-refractivity contribution < 1.29 is 36.9 Å². The molecule has 0 radical (unpaired) electrons. The molecule has 9 nitrogen and oxygen atoms in total. The van der Waals surface area contributed by atoms with Crippen molar-refractivity contribution in [1.82, 2.24) is 24.5 Å². The van der Waals surface area contributed by atoms with Crippen LogP contribution in [0, 0.1) is 11.6 Å². The molecule has 0 bridgehead atoms. The van der Waals surface area contributed by atoms with Crippen molar-refractivity contribution >= 4 is 17.0 Å². The first-order valence-corrected chi connectivity index (χ1v) is 12.6. The highest BCUT2D eigenvalue weighted by Crippen LogP contribution is 2.28. The molecule has 0 spiro atoms. The van der Waals surface area contributed by atoms with Crippen LogP contribution in [0.25, 0.3) is 22.3 Å². The fourth-order valence-electron chi connectivity index (χ4n) is 4.31. The summed E-state index contributed by atoms with van der Waals surface area (Å²) < 4.78 is 68.4. The van der Waals surface area contributed by atoms with Crippen molar-refractivity contribution in [1.29, 1.82) is 0 Å². The van der Waals surface area contributed by atoms with Gasteiger partial charge < -0.3 is 19.1 Å². The van der Waals surface area contributed by atoms with Gasteiger partial charge in [0.25, 0.3) is 6.43 Å². The summed E-state index contributed by atoms with van der Waals surface area (Å²) in [5.74, 6) is -2.01. The maximum absolute atomic E-state index is 15.3. The summed E-state index contributed by atoms with van der Waals surface area (Å²) in [6.45, 7) is 0.496. The minimum Gasteiger partial charge on any atom is -0.478 e. The number of imidazole rings is 1. The van der Waals surface area contributed by atoms with Crippen molar-refractivity contribution in [3.63, 3.8) is 0 Å². The van der Waals surface area contributed by atoms with Crippen LogP contribution in [0.2, 0.25) is 0 Å². The van der Waals surface area contributed by atoms with Crippen LogP contribution in [0.15, 0.2) is 60.9 Å². The highest BCUT2D eigenvalue weighted by Gasteiger charge is 2.19. The van der Waals surface area contributed by atoms with Gasteiger partial charge in [-0.2, -0.15) is 0 Å². The molecule has 5 rings (SSSR count). The first-order valence-electron chi connectivity index (χ1n) is 12.6. The maximum Gasteiger partial charge on any atom is 0.335 e. The Morgan fingerprint density at radius 3 is 2.57 bits per heavy atom. The van der Waals surface area contributed by atoms with E-state index in [1.54, 1.807) is 16.7 Å². The number of hydrogen-bond acceptors (Lipinski definition) is 7. The molecule has 0 fully saturated rings. The first kappa shape index (κ1) is 28.6. The fourth-order valence-corrected chi connectivity index (χ4v) is 4.31. The monoisotopic (exact) mass is 581 g/mol. The number of benzene rings is 2. The van der Waals surface area contributed by atoms with Crippen LogP contribution in [0.4, 0.5) is 17.6 Å². The van der Waals surface area contributed by atoms with Gasteiger partial charge in [-0.3, -0.25) is 9.97 Å². The molecule has 216 valence electrons. The molecule has 5 aromatic rings. The molecular weight excluding hydrogens is 558 g/mol. The Hall–Kier alpha value is -4.91. The van der Waals surface area contributed by atoms with Crippen molar-refractivity contribution in [2.75, 3.05) is 13.7 Å². The van der Waals surface area contributed by atoms with Gasteiger partial charge in [-0.15, -0.1) is 0 Å². The normalized spacial score (nSPS) is 11.4. The lowest BCUT2D eigenvalue weighted by atomic mass is 10.0. The van der Waals surface area contributed by atoms with Crippen LogP contribution in [0.5, 0.6) is 5.88 Å². The standard InChI is InChI=1S/C29H23F4N5O4/c1-41-8-7-38-25-10-16(29(39)40)5-6-23(25)36-26(38)11-17-9-21(31)19(12-20(17)30)22-3-2-4-27(37-22)42-15-18-13-35-24(14-34-18)28(32)33/h2-6,9-10,12-14,28H,7-8,11,15H2,1H3,(H,39,40). The van der Waals surface area contributed by atoms with E-state index < -0.39 is 29.7 Å². The van der Waals surface area contributed by atoms with Crippen LogP contribution < -0.4 is 4.74 Å². The number of aromatic carboxylic acids is 1. The van der Waals surface area contributed by atoms with Gasteiger partial charge in [0, 0.05) is 31.7 Å². The lowest BCUT2D eigenvalue weighted by Gasteiger charge is -2.12. The van der Waals surface area contributed by atoms with Gasteiger partial charge in [0.15, 0.2) is 0 Å². The van der Waals surface area contributed by atoms with E-state index in [1.807, 2.05) is 0 Å². The third-order valence-electron chi connectivity index (χ3n) is 6.39. The quantitative estimate of drug-likeness (QED) is 0.200. The van der Waals surface area contributed by atoms with E-state index in [4.69, 9.17) is 9.47 Å². The number of ether oxygens (including phenoxy) is 2. The van der Waals surface area contributed by atoms with Crippen molar-refractivity contribution in [3.05, 3.63) is 101 Å². The van der Waals surface area contributed by atoms with Crippen LogP contribution in [0.3, 0.4) is 0 Å². The minimum absolute atomic E-state index is 0.0434. The Labute approximate surface area is 236 Å². The average molecular weight is 582 g/mol. The molecule has 0 saturated carbocycles. The number of pyridine rings is 1. The third-order valence-corrected chi connectivity index (χ3v) is 6.39. The molecular formula is C29H23F4N5O4. The van der Waals surface area contributed by atoms with E-state index in [2.05, 4.69) is 19.9 Å². The van der Waals surface area contributed by atoms with Crippen molar-refractivity contribution in [2.24, 2.45) is 0 Å². The molecule has 0 aliphatic rings. The number of carbonyl (C=O) groups is 1. The van der Waals surface area contributed by atoms with Gasteiger partial charge in [-0.25, -0.2) is 32.3 Å². The Bertz CT molecular complexity index is 1740. The van der Waals surface area contributed by atoms with Crippen molar-refractivity contribution in [2.45, 2.75) is 26.0 Å². The van der Waals surface area contributed by atoms with Crippen molar-refractivity contribution in [3.8, 4) is 17.1 Å². The second-order valence-electron chi connectivity index (χ2n) is 9.16. The average Bonchev–Trinajstić information content (AvgIpc) is 3.32. The summed E-state index contributed by atoms with van der Waals surface area (Å²) in [6.07, 6.45) is -0.691. The molecule has 42 heavy (non-hydrogen) atoms. The highest BCUT2D eigenvalue weighted by atomic mass is 19.3. The van der Waals surface area contributed by atoms with E-state index in [1.165, 1.54) is 31.4 Å². The van der Waals surface area contributed by atoms with E-state index in [0.717, 1.165) is 24.5 Å². The van der Waals surface area contributed by atoms with E-state index in [9.17, 15) is 18.7 Å². The van der Waals surface area contributed by atoms with Gasteiger partial charge in [-0.05, 0) is 42.0 Å². The van der Waals surface area contributed by atoms with Gasteiger partial charge in [-0.1, -0.05) is 6.07 Å². The van der Waals surface area contributed by atoms with Gasteiger partial charge in [0.1, 0.15) is 29.8 Å². The largest absolute Gasteiger partial charge is 0.478 e. The number of alkyl halides is 2. The Morgan fingerprint density at radius 1 is 1.02 bits per heavy atom. The topological polar surface area (TPSA) is 112 Å². The molecule has 0 saturated heterocycles. The van der Waals surface area contributed by atoms with Crippen LogP contribution in [-0.2, 0) is 24.3 Å². The highest BCUT2D eigenvalue weighted by molar-refractivity contribution is 5.92. The second-order valence-corrected chi connectivity index (χ2v) is 9.16. The van der Waals surface area contributed by atoms with Crippen LogP contribution in [-0.4, -0.2) is 49.3 Å². The SMILES string of the molecule is COCCn1c(Cc2cc(F)c(-c3cccc(OCc4cnc(C(F)F)cn4)n3)cc2F)nc2ccc(C(=O)O)cc21. The van der Waals surface area contributed by atoms with E-state index in [-0.39, 0.29) is 47.0 Å². The molecule has 13 heteroatoms. The number of methoxy groups -OCH3 is 1. The molecule has 0 atom stereocenters. The van der Waals surface area contributed by atoms with Gasteiger partial charge in [0.05, 0.1) is 47.0 Å². The summed E-state index contributed by atoms with van der Waals surface area (Å²) >= 11 is 0. The fraction of sp³-hybridized carbons (Fsp3) is 0.207. The number of hydrogen-bond donors (Lipinski definition) is 1. The number of rotatable bonds is 11. The zero-order valence-electron chi connectivity index (χ0n) is 22.1. The Morgan fingerprint density at radius 2 is 1.86 bits per heavy atom. The molecule has 0 aliphatic heterocycles. The third kappa shape index (κ3) is 6.20. The lowest BCUT2D eigenvalue weighted by Crippen LogP contribution is -2.10. The van der Waals surface area contributed by atoms with E-state index >= 15 is 8.78 Å². The summed E-state index contributed by atoms with van der Waals surface area (Å²) in [4.78, 5) is 27.7. The summed E-state index contributed by atoms with van der Waals surface area (Å²) in [5.41, 5.74) is 1.01. The molecule has 1 N–H and O–H groups in total. The Kier molecular flexibility index (Phi) is 8.38. The van der Waals surface area contributed by atoms with E-state index in [0.29, 0.717) is 30.0 Å². The number of carboxylic acids is 1. The van der Waals surface area contributed by atoms with Gasteiger partial charge in [0.2, 0.25) is 5.88 Å². The first-order chi connectivity index (χ1) is 20.2. The zero-order chi connectivity index (χ0) is 29.8. The number of halogens is 4. The molecule has 2 aromatic carbocycles. The predicted octanol–water partition coefficient (Wildman–Crippen LogP) is 5.62. The second kappa shape index (κ2) is 12.3. The Balaban J connectivity index is 1.38. The molecule has 0 amide bonds. The smallest absolute Gasteiger partial charge is 0.335 e. The minimum atomic E-state index is -2.74. The molecule has 0 unspecified atom stereocenters. The molecule has 0 aliphatic carbocycles. The number of carboxylic acid groups (broad SMARTS) is 1. The molecule has 3 aromatic heterocycles. The zero-order valence-corrected chi connectivity index (χ0v) is 22.1. The molecule has 3 heterocycles. The summed E-state index contributed by atoms with van der Waals surface area (Å²) in [7, 11) is 1.52. The van der Waals surface area contributed by atoms with Crippen LogP contribution in [0.1, 0.15) is 39.6 Å². The maximum atomic E-state index is 15.3. The summed E-state index contributed by atoms with van der Waals surface area (Å²) in [5, 5.41) is 9.38. The van der Waals surface area contributed by atoms with Crippen LogP contribution >= 0.6 is 0 Å². The number of aromatic nitrogens is 5. The lowest BCUT2D eigenvalue weighted by molar-refractivity contribution is 0.0697. The predicted molar refractivity (Wildman–Crippen MR) is 142 cm³/mol.